The topological polar surface area (TPSA) is 83.1 Å². The number of hydrogen-bond acceptors (Lipinski definition) is 8. The predicted octanol–water partition coefficient (Wildman–Crippen LogP) is 4.05. The van der Waals surface area contributed by atoms with Crippen molar-refractivity contribution in [1.82, 2.24) is 14.9 Å². The number of alkyl halides is 2. The number of morpholine rings is 1. The van der Waals surface area contributed by atoms with Crippen LogP contribution in [0.15, 0.2) is 30.5 Å². The Morgan fingerprint density at radius 2 is 1.74 bits per heavy atom. The van der Waals surface area contributed by atoms with E-state index in [-0.39, 0.29) is 11.7 Å². The fourth-order valence-electron chi connectivity index (χ4n) is 3.92. The third-order valence-electron chi connectivity index (χ3n) is 5.72. The number of carbonyl (C=O) groups is 1. The van der Waals surface area contributed by atoms with Crippen LogP contribution in [0.5, 0.6) is 0 Å². The van der Waals surface area contributed by atoms with Gasteiger partial charge in [0, 0.05) is 68.8 Å². The SMILES string of the molecule is CC(C)(C)OC(=O)N1CCN(c2cc(Nc3ccc(C(F)F)cn3)nc(N3CCOCC3)c2)CC1. The van der Waals surface area contributed by atoms with Crippen LogP contribution in [0.1, 0.15) is 32.8 Å². The van der Waals surface area contributed by atoms with E-state index in [9.17, 15) is 13.6 Å². The third-order valence-corrected chi connectivity index (χ3v) is 5.72. The summed E-state index contributed by atoms with van der Waals surface area (Å²) >= 11 is 0. The number of piperazine rings is 1. The normalized spacial score (nSPS) is 17.0. The molecule has 190 valence electrons. The van der Waals surface area contributed by atoms with E-state index in [1.807, 2.05) is 32.9 Å². The highest BCUT2D eigenvalue weighted by molar-refractivity contribution is 5.69. The molecular formula is C24H32F2N6O3. The van der Waals surface area contributed by atoms with E-state index in [0.29, 0.717) is 51.0 Å². The van der Waals surface area contributed by atoms with E-state index in [2.05, 4.69) is 20.1 Å². The number of pyridine rings is 2. The lowest BCUT2D eigenvalue weighted by Crippen LogP contribution is -2.50. The number of amides is 1. The summed E-state index contributed by atoms with van der Waals surface area (Å²) in [6.07, 6.45) is -1.71. The molecule has 4 heterocycles. The van der Waals surface area contributed by atoms with Gasteiger partial charge in [0.1, 0.15) is 23.1 Å². The Kier molecular flexibility index (Phi) is 7.54. The second kappa shape index (κ2) is 10.6. The van der Waals surface area contributed by atoms with Gasteiger partial charge in [0.2, 0.25) is 0 Å². The highest BCUT2D eigenvalue weighted by Crippen LogP contribution is 2.28. The van der Waals surface area contributed by atoms with Crippen LogP contribution in [0.4, 0.5) is 36.7 Å². The second-order valence-corrected chi connectivity index (χ2v) is 9.53. The number of aromatic nitrogens is 2. The number of halogens is 2. The van der Waals surface area contributed by atoms with Crippen LogP contribution in [-0.4, -0.2) is 79.0 Å². The van der Waals surface area contributed by atoms with Gasteiger partial charge >= 0.3 is 6.09 Å². The molecule has 2 aliphatic heterocycles. The standard InChI is InChI=1S/C24H32F2N6O3/c1-24(2,3)35-23(33)32-8-6-30(7-9-32)18-14-20(28-19-5-4-17(16-27-19)22(25)26)29-21(15-18)31-10-12-34-13-11-31/h4-5,14-16,22H,6-13H2,1-3H3,(H,27,28,29). The van der Waals surface area contributed by atoms with E-state index in [4.69, 9.17) is 14.5 Å². The van der Waals surface area contributed by atoms with Crippen LogP contribution in [-0.2, 0) is 9.47 Å². The molecular weight excluding hydrogens is 458 g/mol. The van der Waals surface area contributed by atoms with Crippen LogP contribution in [0.3, 0.4) is 0 Å². The molecule has 0 atom stereocenters. The van der Waals surface area contributed by atoms with Gasteiger partial charge in [0.05, 0.1) is 13.2 Å². The van der Waals surface area contributed by atoms with Gasteiger partial charge in [-0.15, -0.1) is 0 Å². The summed E-state index contributed by atoms with van der Waals surface area (Å²) in [7, 11) is 0. The Morgan fingerprint density at radius 1 is 1.03 bits per heavy atom. The highest BCUT2D eigenvalue weighted by atomic mass is 19.3. The minimum Gasteiger partial charge on any atom is -0.444 e. The first-order valence-corrected chi connectivity index (χ1v) is 11.8. The Morgan fingerprint density at radius 3 is 2.34 bits per heavy atom. The maximum atomic E-state index is 12.9. The lowest BCUT2D eigenvalue weighted by atomic mass is 10.2. The molecule has 9 nitrogen and oxygen atoms in total. The van der Waals surface area contributed by atoms with Crippen molar-refractivity contribution >= 4 is 29.2 Å². The maximum absolute atomic E-state index is 12.9. The van der Waals surface area contributed by atoms with E-state index in [0.717, 1.165) is 30.8 Å². The Balaban J connectivity index is 1.51. The number of hydrogen-bond donors (Lipinski definition) is 1. The summed E-state index contributed by atoms with van der Waals surface area (Å²) in [6.45, 7) is 10.7. The molecule has 1 amide bonds. The molecule has 2 aromatic rings. The largest absolute Gasteiger partial charge is 0.444 e. The Hall–Kier alpha value is -3.21. The second-order valence-electron chi connectivity index (χ2n) is 9.53. The number of anilines is 4. The number of carbonyl (C=O) groups excluding carboxylic acids is 1. The van der Waals surface area contributed by atoms with E-state index >= 15 is 0 Å². The lowest BCUT2D eigenvalue weighted by Gasteiger charge is -2.37. The molecule has 0 spiro atoms. The van der Waals surface area contributed by atoms with Gasteiger partial charge in [-0.25, -0.2) is 23.5 Å². The maximum Gasteiger partial charge on any atom is 0.410 e. The van der Waals surface area contributed by atoms with Crippen LogP contribution >= 0.6 is 0 Å². The van der Waals surface area contributed by atoms with Crippen molar-refractivity contribution in [1.29, 1.82) is 0 Å². The predicted molar refractivity (Wildman–Crippen MR) is 130 cm³/mol. The highest BCUT2D eigenvalue weighted by Gasteiger charge is 2.27. The number of nitrogens with one attached hydrogen (secondary N) is 1. The van der Waals surface area contributed by atoms with Crippen LogP contribution in [0, 0.1) is 0 Å². The van der Waals surface area contributed by atoms with Crippen molar-refractivity contribution in [2.24, 2.45) is 0 Å². The van der Waals surface area contributed by atoms with Crippen LogP contribution in [0.25, 0.3) is 0 Å². The van der Waals surface area contributed by atoms with Gasteiger partial charge in [-0.3, -0.25) is 0 Å². The summed E-state index contributed by atoms with van der Waals surface area (Å²) in [5.74, 6) is 1.80. The fraction of sp³-hybridized carbons (Fsp3) is 0.542. The molecule has 1 N–H and O–H groups in total. The fourth-order valence-corrected chi connectivity index (χ4v) is 3.92. The summed E-state index contributed by atoms with van der Waals surface area (Å²) in [5.41, 5.74) is 0.292. The first-order valence-electron chi connectivity index (χ1n) is 11.8. The molecule has 0 bridgehead atoms. The number of rotatable bonds is 5. The van der Waals surface area contributed by atoms with Crippen molar-refractivity contribution < 1.29 is 23.0 Å². The van der Waals surface area contributed by atoms with Crippen LogP contribution in [0.2, 0.25) is 0 Å². The summed E-state index contributed by atoms with van der Waals surface area (Å²) in [5, 5.41) is 3.15. The quantitative estimate of drug-likeness (QED) is 0.672. The van der Waals surface area contributed by atoms with Gasteiger partial charge in [-0.05, 0) is 32.9 Å². The molecule has 11 heteroatoms. The van der Waals surface area contributed by atoms with Gasteiger partial charge in [0.25, 0.3) is 6.43 Å². The molecule has 0 aliphatic carbocycles. The van der Waals surface area contributed by atoms with E-state index in [1.165, 1.54) is 12.1 Å². The zero-order valence-electron chi connectivity index (χ0n) is 20.3. The Labute approximate surface area is 204 Å². The number of ether oxygens (including phenoxy) is 2. The smallest absolute Gasteiger partial charge is 0.410 e. The molecule has 0 aromatic carbocycles. The Bertz CT molecular complexity index is 1000. The van der Waals surface area contributed by atoms with Crippen molar-refractivity contribution in [3.63, 3.8) is 0 Å². The van der Waals surface area contributed by atoms with E-state index < -0.39 is 12.0 Å². The number of nitrogens with zero attached hydrogens (tertiary/aromatic N) is 5. The molecule has 2 aliphatic rings. The van der Waals surface area contributed by atoms with Crippen molar-refractivity contribution in [2.75, 3.05) is 67.6 Å². The van der Waals surface area contributed by atoms with Gasteiger partial charge in [-0.2, -0.15) is 0 Å². The van der Waals surface area contributed by atoms with Crippen LogP contribution < -0.4 is 15.1 Å². The zero-order valence-corrected chi connectivity index (χ0v) is 20.3. The summed E-state index contributed by atoms with van der Waals surface area (Å²) in [4.78, 5) is 27.4. The molecule has 0 unspecified atom stereocenters. The minimum absolute atomic E-state index is 0.130. The van der Waals surface area contributed by atoms with Crippen molar-refractivity contribution in [3.8, 4) is 0 Å². The molecule has 35 heavy (non-hydrogen) atoms. The minimum atomic E-state index is -2.56. The average molecular weight is 491 g/mol. The molecule has 2 saturated heterocycles. The lowest BCUT2D eigenvalue weighted by molar-refractivity contribution is 0.0240. The third kappa shape index (κ3) is 6.68. The monoisotopic (exact) mass is 490 g/mol. The molecule has 0 saturated carbocycles. The molecule has 4 rings (SSSR count). The van der Waals surface area contributed by atoms with E-state index in [1.54, 1.807) is 4.90 Å². The van der Waals surface area contributed by atoms with Crippen molar-refractivity contribution in [3.05, 3.63) is 36.0 Å². The first kappa shape index (κ1) is 24.9. The summed E-state index contributed by atoms with van der Waals surface area (Å²) < 4.78 is 36.7. The van der Waals surface area contributed by atoms with Gasteiger partial charge in [-0.1, -0.05) is 0 Å². The average Bonchev–Trinajstić information content (AvgIpc) is 2.84. The molecule has 2 fully saturated rings. The summed E-state index contributed by atoms with van der Waals surface area (Å²) in [6, 6.07) is 6.81. The first-order chi connectivity index (χ1) is 16.7. The van der Waals surface area contributed by atoms with Crippen molar-refractivity contribution in [2.45, 2.75) is 32.8 Å². The molecule has 2 aromatic heterocycles. The molecule has 0 radical (unpaired) electrons. The van der Waals surface area contributed by atoms with Gasteiger partial charge < -0.3 is 29.5 Å². The van der Waals surface area contributed by atoms with Gasteiger partial charge in [0.15, 0.2) is 0 Å². The zero-order chi connectivity index (χ0) is 25.0.